The predicted molar refractivity (Wildman–Crippen MR) is 168 cm³/mol. The number of aryl methyl sites for hydroxylation is 1. The van der Waals surface area contributed by atoms with Gasteiger partial charge in [0.2, 0.25) is 0 Å². The van der Waals surface area contributed by atoms with Crippen LogP contribution in [0.25, 0.3) is 27.4 Å². The Labute approximate surface area is 246 Å². The van der Waals surface area contributed by atoms with Gasteiger partial charge in [-0.15, -0.1) is 0 Å². The van der Waals surface area contributed by atoms with Crippen molar-refractivity contribution in [3.05, 3.63) is 129 Å². The molecule has 2 aromatic heterocycles. The molecule has 6 rings (SSSR count). The van der Waals surface area contributed by atoms with E-state index in [0.717, 1.165) is 5.39 Å². The van der Waals surface area contributed by atoms with Crippen LogP contribution in [0.3, 0.4) is 0 Å². The lowest BCUT2D eigenvalue weighted by molar-refractivity contribution is 0.0972. The van der Waals surface area contributed by atoms with Crippen molar-refractivity contribution in [1.82, 2.24) is 13.9 Å². The number of nitrogens with one attached hydrogen (secondary N) is 1. The molecule has 216 valence electrons. The minimum absolute atomic E-state index is 0.0726. The summed E-state index contributed by atoms with van der Waals surface area (Å²) in [6, 6.07) is 25.8. The highest BCUT2D eigenvalue weighted by Crippen LogP contribution is 2.37. The van der Waals surface area contributed by atoms with Crippen molar-refractivity contribution in [3.8, 4) is 17.2 Å². The summed E-state index contributed by atoms with van der Waals surface area (Å²) >= 11 is 0. The Balaban J connectivity index is 1.52. The normalized spacial score (nSPS) is 12.1. The van der Waals surface area contributed by atoms with Gasteiger partial charge >= 0.3 is 0 Å². The van der Waals surface area contributed by atoms with E-state index in [0.29, 0.717) is 33.2 Å². The van der Waals surface area contributed by atoms with Crippen molar-refractivity contribution in [3.63, 3.8) is 0 Å². The van der Waals surface area contributed by atoms with Gasteiger partial charge in [0.05, 0.1) is 22.9 Å². The van der Waals surface area contributed by atoms with E-state index in [4.69, 9.17) is 0 Å². The number of fused-ring (bicyclic) bond motifs is 2. The van der Waals surface area contributed by atoms with Crippen molar-refractivity contribution in [2.24, 2.45) is 14.1 Å². The number of Topliss-reactive ketones (excluding diaryl/α,β-unsaturated/α-hetero) is 1. The molecule has 9 heteroatoms. The van der Waals surface area contributed by atoms with Crippen LogP contribution in [-0.4, -0.2) is 29.9 Å². The first-order valence-electron chi connectivity index (χ1n) is 13.8. The molecule has 0 aliphatic carbocycles. The van der Waals surface area contributed by atoms with Gasteiger partial charge in [0.1, 0.15) is 22.7 Å². The number of hydrogen-bond donors (Lipinski definition) is 3. The molecule has 43 heavy (non-hydrogen) atoms. The van der Waals surface area contributed by atoms with Crippen LogP contribution in [0.5, 0.6) is 11.5 Å². The van der Waals surface area contributed by atoms with Crippen molar-refractivity contribution in [1.29, 1.82) is 0 Å². The molecule has 0 saturated heterocycles. The van der Waals surface area contributed by atoms with Crippen molar-refractivity contribution in [2.45, 2.75) is 19.4 Å². The van der Waals surface area contributed by atoms with Gasteiger partial charge < -0.3 is 20.1 Å². The zero-order valence-electron chi connectivity index (χ0n) is 23.9. The van der Waals surface area contributed by atoms with E-state index in [1.54, 1.807) is 62.1 Å². The summed E-state index contributed by atoms with van der Waals surface area (Å²) in [5.74, 6) is -1.10. The van der Waals surface area contributed by atoms with Gasteiger partial charge in [-0.3, -0.25) is 19.1 Å². The number of benzene rings is 4. The second-order valence-electron chi connectivity index (χ2n) is 10.6. The number of nitrogens with zero attached hydrogens (tertiary/aromatic N) is 3. The molecule has 0 spiro atoms. The Hall–Kier alpha value is -5.57. The van der Waals surface area contributed by atoms with E-state index < -0.39 is 23.1 Å². The van der Waals surface area contributed by atoms with Crippen molar-refractivity contribution >= 4 is 33.1 Å². The molecule has 3 N–H and O–H groups in total. The van der Waals surface area contributed by atoms with Crippen LogP contribution >= 0.6 is 0 Å². The van der Waals surface area contributed by atoms with E-state index in [9.17, 15) is 24.6 Å². The lowest BCUT2D eigenvalue weighted by atomic mass is 9.92. The summed E-state index contributed by atoms with van der Waals surface area (Å²) in [6.45, 7) is 1.79. The molecule has 0 aliphatic rings. The number of ketones is 1. The van der Waals surface area contributed by atoms with Crippen LogP contribution in [0.2, 0.25) is 0 Å². The summed E-state index contributed by atoms with van der Waals surface area (Å²) in [7, 11) is 3.31. The van der Waals surface area contributed by atoms with Gasteiger partial charge in [-0.1, -0.05) is 60.7 Å². The smallest absolute Gasteiger partial charge is 0.295 e. The standard InChI is InChI=1S/C34H30N4O5/c1-20-31(34(43)38(37(20)3)22-12-5-4-6-13-22)35-25(29-23-14-8-7-11-21(23)17-18-27(29)39)19-28(40)30-32(41)24-15-9-10-16-26(24)36(2)33(30)42/h4-18,25,35,39,41H,19H2,1-3H3. The SMILES string of the molecule is Cc1c(NC(CC(=O)c2c(O)c3ccccc3n(C)c2=O)c2c(O)ccc3ccccc23)c(=O)n(-c2ccccc2)n1C. The van der Waals surface area contributed by atoms with Crippen molar-refractivity contribution < 1.29 is 15.0 Å². The highest BCUT2D eigenvalue weighted by Gasteiger charge is 2.29. The maximum absolute atomic E-state index is 14.0. The van der Waals surface area contributed by atoms with E-state index in [1.807, 2.05) is 54.6 Å². The molecule has 0 amide bonds. The number of carbonyl (C=O) groups excluding carboxylic acids is 1. The number of pyridine rings is 1. The van der Waals surface area contributed by atoms with Crippen molar-refractivity contribution in [2.75, 3.05) is 5.32 Å². The largest absolute Gasteiger partial charge is 0.508 e. The summed E-state index contributed by atoms with van der Waals surface area (Å²) in [6.07, 6.45) is -0.332. The molecule has 4 aromatic carbocycles. The van der Waals surface area contributed by atoms with Crippen LogP contribution in [0.4, 0.5) is 5.69 Å². The van der Waals surface area contributed by atoms with Gasteiger partial charge in [0.15, 0.2) is 5.78 Å². The minimum Gasteiger partial charge on any atom is -0.508 e. The number of aromatic nitrogens is 3. The van der Waals surface area contributed by atoms with E-state index in [1.165, 1.54) is 9.25 Å². The number of phenols is 1. The molecular formula is C34H30N4O5. The monoisotopic (exact) mass is 574 g/mol. The third kappa shape index (κ3) is 4.55. The number of rotatable bonds is 7. The molecule has 1 unspecified atom stereocenters. The van der Waals surface area contributed by atoms with E-state index in [2.05, 4.69) is 5.32 Å². The van der Waals surface area contributed by atoms with Crippen LogP contribution in [0, 0.1) is 6.92 Å². The number of hydrogen-bond acceptors (Lipinski definition) is 6. The molecule has 6 aromatic rings. The molecule has 0 aliphatic heterocycles. The highest BCUT2D eigenvalue weighted by atomic mass is 16.3. The first-order chi connectivity index (χ1) is 20.7. The Kier molecular flexibility index (Phi) is 6.85. The predicted octanol–water partition coefficient (Wildman–Crippen LogP) is 5.33. The Morgan fingerprint density at radius 3 is 2.21 bits per heavy atom. The fraction of sp³-hybridized carbons (Fsp3) is 0.147. The van der Waals surface area contributed by atoms with Crippen LogP contribution in [0.15, 0.2) is 101 Å². The molecule has 0 fully saturated rings. The Bertz CT molecular complexity index is 2160. The van der Waals surface area contributed by atoms with Crippen LogP contribution in [-0.2, 0) is 14.1 Å². The number of phenolic OH excluding ortho intramolecular Hbond substituents is 1. The molecule has 0 radical (unpaired) electrons. The molecule has 2 heterocycles. The second-order valence-corrected chi connectivity index (χ2v) is 10.6. The number of para-hydroxylation sites is 2. The van der Waals surface area contributed by atoms with Gasteiger partial charge in [-0.25, -0.2) is 4.68 Å². The topological polar surface area (TPSA) is 118 Å². The molecule has 9 nitrogen and oxygen atoms in total. The quantitative estimate of drug-likeness (QED) is 0.222. The van der Waals surface area contributed by atoms with Gasteiger partial charge in [0.25, 0.3) is 11.1 Å². The van der Waals surface area contributed by atoms with E-state index >= 15 is 0 Å². The van der Waals surface area contributed by atoms with Gasteiger partial charge in [-0.05, 0) is 48.0 Å². The summed E-state index contributed by atoms with van der Waals surface area (Å²) < 4.78 is 4.57. The average Bonchev–Trinajstić information content (AvgIpc) is 3.22. The average molecular weight is 575 g/mol. The molecular weight excluding hydrogens is 544 g/mol. The Morgan fingerprint density at radius 1 is 0.814 bits per heavy atom. The lowest BCUT2D eigenvalue weighted by Crippen LogP contribution is -2.28. The van der Waals surface area contributed by atoms with Crippen LogP contribution < -0.4 is 16.4 Å². The third-order valence-electron chi connectivity index (χ3n) is 8.11. The highest BCUT2D eigenvalue weighted by molar-refractivity contribution is 6.04. The zero-order chi connectivity index (χ0) is 30.4. The number of aromatic hydroxyl groups is 2. The summed E-state index contributed by atoms with van der Waals surface area (Å²) in [4.78, 5) is 41.2. The molecule has 1 atom stereocenters. The summed E-state index contributed by atoms with van der Waals surface area (Å²) in [5, 5.41) is 27.4. The third-order valence-corrected chi connectivity index (χ3v) is 8.11. The van der Waals surface area contributed by atoms with E-state index in [-0.39, 0.29) is 29.0 Å². The zero-order valence-corrected chi connectivity index (χ0v) is 23.9. The minimum atomic E-state index is -0.938. The van der Waals surface area contributed by atoms with Gasteiger partial charge in [0, 0.05) is 31.5 Å². The number of carbonyl (C=O) groups is 1. The fourth-order valence-corrected chi connectivity index (χ4v) is 5.80. The van der Waals surface area contributed by atoms with Crippen LogP contribution in [0.1, 0.15) is 34.1 Å². The first kappa shape index (κ1) is 27.6. The second kappa shape index (κ2) is 10.7. The maximum Gasteiger partial charge on any atom is 0.295 e. The lowest BCUT2D eigenvalue weighted by Gasteiger charge is -2.22. The molecule has 0 saturated carbocycles. The first-order valence-corrected chi connectivity index (χ1v) is 13.8. The van der Waals surface area contributed by atoms with Gasteiger partial charge in [-0.2, -0.15) is 0 Å². The fourth-order valence-electron chi connectivity index (χ4n) is 5.80. The maximum atomic E-state index is 14.0. The Morgan fingerprint density at radius 2 is 1.47 bits per heavy atom. The summed E-state index contributed by atoms with van der Waals surface area (Å²) in [5.41, 5.74) is 1.08. The number of anilines is 1. The molecule has 0 bridgehead atoms.